The minimum absolute atomic E-state index is 0.177. The van der Waals surface area contributed by atoms with Crippen molar-refractivity contribution >= 4 is 56.5 Å². The highest BCUT2D eigenvalue weighted by Gasteiger charge is 2.13. The van der Waals surface area contributed by atoms with Gasteiger partial charge in [0.1, 0.15) is 0 Å². The van der Waals surface area contributed by atoms with Gasteiger partial charge in [0.2, 0.25) is 0 Å². The molecule has 0 bridgehead atoms. The molecule has 0 unspecified atom stereocenters. The number of nitrogens with zero attached hydrogens (tertiary/aromatic N) is 3. The summed E-state index contributed by atoms with van der Waals surface area (Å²) in [6.45, 7) is 0.692. The number of carbonyl (C=O) groups excluding carboxylic acids is 1. The summed E-state index contributed by atoms with van der Waals surface area (Å²) in [6.07, 6.45) is 1.75. The lowest BCUT2D eigenvalue weighted by atomic mass is 9.97. The van der Waals surface area contributed by atoms with Crippen LogP contribution in [-0.2, 0) is 11.3 Å². The SMILES string of the molecule is O=C(CSc1nc2ccccc2n1Cc1ccccc1)NN=Cc1c2ccccc2cc2ccccc12. The van der Waals surface area contributed by atoms with Gasteiger partial charge in [-0.2, -0.15) is 5.10 Å². The molecule has 0 fully saturated rings. The lowest BCUT2D eigenvalue weighted by molar-refractivity contribution is -0.118. The molecular weight excluding hydrogens is 476 g/mol. The van der Waals surface area contributed by atoms with Gasteiger partial charge in [0.25, 0.3) is 5.91 Å². The van der Waals surface area contributed by atoms with Crippen LogP contribution in [0.3, 0.4) is 0 Å². The van der Waals surface area contributed by atoms with E-state index >= 15 is 0 Å². The average molecular weight is 501 g/mol. The summed E-state index contributed by atoms with van der Waals surface area (Å²) >= 11 is 1.42. The number of imidazole rings is 1. The van der Waals surface area contributed by atoms with E-state index in [0.717, 1.165) is 43.3 Å². The Morgan fingerprint density at radius 2 is 1.49 bits per heavy atom. The topological polar surface area (TPSA) is 59.3 Å². The van der Waals surface area contributed by atoms with Gasteiger partial charge >= 0.3 is 0 Å². The summed E-state index contributed by atoms with van der Waals surface area (Å²) < 4.78 is 2.16. The number of rotatable bonds is 7. The van der Waals surface area contributed by atoms with Crippen molar-refractivity contribution in [3.8, 4) is 0 Å². The largest absolute Gasteiger partial charge is 0.314 e. The van der Waals surface area contributed by atoms with Gasteiger partial charge in [-0.25, -0.2) is 10.4 Å². The van der Waals surface area contributed by atoms with E-state index in [1.54, 1.807) is 6.21 Å². The molecule has 180 valence electrons. The first-order valence-electron chi connectivity index (χ1n) is 12.1. The lowest BCUT2D eigenvalue weighted by Crippen LogP contribution is -2.20. The standard InChI is InChI=1S/C31H24N4OS/c36-30(34-32-19-27-25-14-6-4-12-23(25)18-24-13-5-7-15-26(24)27)21-37-31-33-28-16-8-9-17-29(28)35(31)20-22-10-2-1-3-11-22/h1-19H,20-21H2,(H,34,36). The highest BCUT2D eigenvalue weighted by molar-refractivity contribution is 7.99. The van der Waals surface area contributed by atoms with Gasteiger partial charge in [-0.3, -0.25) is 4.79 Å². The fourth-order valence-electron chi connectivity index (χ4n) is 4.60. The number of hydrogen-bond acceptors (Lipinski definition) is 4. The summed E-state index contributed by atoms with van der Waals surface area (Å²) in [5.41, 5.74) is 6.85. The van der Waals surface area contributed by atoms with Crippen molar-refractivity contribution in [2.45, 2.75) is 11.7 Å². The van der Waals surface area contributed by atoms with Crippen molar-refractivity contribution in [2.75, 3.05) is 5.75 Å². The molecule has 6 heteroatoms. The summed E-state index contributed by atoms with van der Waals surface area (Å²) in [7, 11) is 0. The molecule has 0 saturated heterocycles. The fourth-order valence-corrected chi connectivity index (χ4v) is 5.41. The van der Waals surface area contributed by atoms with E-state index in [0.29, 0.717) is 6.54 Å². The molecular formula is C31H24N4OS. The van der Waals surface area contributed by atoms with Crippen molar-refractivity contribution in [3.05, 3.63) is 120 Å². The molecule has 5 nitrogen and oxygen atoms in total. The van der Waals surface area contributed by atoms with Crippen LogP contribution in [0, 0.1) is 0 Å². The third-order valence-electron chi connectivity index (χ3n) is 6.33. The van der Waals surface area contributed by atoms with Crippen LogP contribution in [0.1, 0.15) is 11.1 Å². The first-order valence-corrected chi connectivity index (χ1v) is 13.1. The molecule has 1 aromatic heterocycles. The molecule has 37 heavy (non-hydrogen) atoms. The molecule has 6 rings (SSSR count). The van der Waals surface area contributed by atoms with Crippen LogP contribution in [-0.4, -0.2) is 27.4 Å². The number of carbonyl (C=O) groups is 1. The molecule has 0 atom stereocenters. The molecule has 1 N–H and O–H groups in total. The van der Waals surface area contributed by atoms with Crippen LogP contribution in [0.4, 0.5) is 0 Å². The van der Waals surface area contributed by atoms with Crippen LogP contribution in [0.15, 0.2) is 119 Å². The highest BCUT2D eigenvalue weighted by atomic mass is 32.2. The van der Waals surface area contributed by atoms with Gasteiger partial charge in [-0.1, -0.05) is 103 Å². The maximum Gasteiger partial charge on any atom is 0.250 e. The predicted octanol–water partition coefficient (Wildman–Crippen LogP) is 6.63. The van der Waals surface area contributed by atoms with Gasteiger partial charge < -0.3 is 4.57 Å². The molecule has 0 aliphatic carbocycles. The minimum atomic E-state index is -0.177. The van der Waals surface area contributed by atoms with Crippen molar-refractivity contribution in [2.24, 2.45) is 5.10 Å². The summed E-state index contributed by atoms with van der Waals surface area (Å²) in [5.74, 6) is 0.0373. The Morgan fingerprint density at radius 1 is 0.838 bits per heavy atom. The number of fused-ring (bicyclic) bond motifs is 3. The third kappa shape index (κ3) is 4.84. The normalized spacial score (nSPS) is 11.6. The molecule has 1 heterocycles. The van der Waals surface area contributed by atoms with E-state index < -0.39 is 0 Å². The van der Waals surface area contributed by atoms with Crippen molar-refractivity contribution in [1.29, 1.82) is 0 Å². The quantitative estimate of drug-likeness (QED) is 0.116. The minimum Gasteiger partial charge on any atom is -0.314 e. The van der Waals surface area contributed by atoms with Gasteiger partial charge in [-0.15, -0.1) is 0 Å². The Bertz CT molecular complexity index is 1700. The van der Waals surface area contributed by atoms with Crippen LogP contribution in [0.5, 0.6) is 0 Å². The molecule has 6 aromatic rings. The number of aromatic nitrogens is 2. The second-order valence-corrected chi connectivity index (χ2v) is 9.71. The summed E-state index contributed by atoms with van der Waals surface area (Å²) in [5, 5.41) is 9.61. The van der Waals surface area contributed by atoms with Gasteiger partial charge in [-0.05, 0) is 45.3 Å². The van der Waals surface area contributed by atoms with E-state index in [-0.39, 0.29) is 11.7 Å². The van der Waals surface area contributed by atoms with E-state index in [9.17, 15) is 4.79 Å². The van der Waals surface area contributed by atoms with E-state index in [2.05, 4.69) is 63.6 Å². The average Bonchev–Trinajstić information content (AvgIpc) is 3.29. The number of hydrazone groups is 1. The van der Waals surface area contributed by atoms with Crippen LogP contribution < -0.4 is 5.43 Å². The van der Waals surface area contributed by atoms with E-state index in [4.69, 9.17) is 4.98 Å². The summed E-state index contributed by atoms with van der Waals surface area (Å²) in [6, 6.07) is 37.0. The number of para-hydroxylation sites is 2. The van der Waals surface area contributed by atoms with Crippen LogP contribution >= 0.6 is 11.8 Å². The Morgan fingerprint density at radius 3 is 2.24 bits per heavy atom. The van der Waals surface area contributed by atoms with Gasteiger partial charge in [0.05, 0.1) is 29.5 Å². The molecule has 0 spiro atoms. The fraction of sp³-hybridized carbons (Fsp3) is 0.0645. The smallest absolute Gasteiger partial charge is 0.250 e. The molecule has 1 amide bonds. The third-order valence-corrected chi connectivity index (χ3v) is 7.31. The molecule has 0 aliphatic rings. The van der Waals surface area contributed by atoms with Gasteiger partial charge in [0.15, 0.2) is 5.16 Å². The zero-order valence-electron chi connectivity index (χ0n) is 20.0. The van der Waals surface area contributed by atoms with Crippen molar-refractivity contribution < 1.29 is 4.79 Å². The molecule has 5 aromatic carbocycles. The zero-order valence-corrected chi connectivity index (χ0v) is 20.9. The number of benzene rings is 5. The number of thioether (sulfide) groups is 1. The number of hydrogen-bond donors (Lipinski definition) is 1. The summed E-state index contributed by atoms with van der Waals surface area (Å²) in [4.78, 5) is 17.5. The monoisotopic (exact) mass is 500 g/mol. The van der Waals surface area contributed by atoms with Gasteiger partial charge in [0, 0.05) is 5.56 Å². The second kappa shape index (κ2) is 10.3. The van der Waals surface area contributed by atoms with Crippen molar-refractivity contribution in [3.63, 3.8) is 0 Å². The lowest BCUT2D eigenvalue weighted by Gasteiger charge is -2.09. The Labute approximate surface area is 218 Å². The zero-order chi connectivity index (χ0) is 25.0. The van der Waals surface area contributed by atoms with E-state index in [1.165, 1.54) is 17.3 Å². The first kappa shape index (κ1) is 23.0. The van der Waals surface area contributed by atoms with Crippen molar-refractivity contribution in [1.82, 2.24) is 15.0 Å². The molecule has 0 saturated carbocycles. The predicted molar refractivity (Wildman–Crippen MR) is 153 cm³/mol. The van der Waals surface area contributed by atoms with Crippen LogP contribution in [0.25, 0.3) is 32.6 Å². The maximum atomic E-state index is 12.7. The van der Waals surface area contributed by atoms with Crippen LogP contribution in [0.2, 0.25) is 0 Å². The Balaban J connectivity index is 1.20. The van der Waals surface area contributed by atoms with E-state index in [1.807, 2.05) is 60.7 Å². The number of amides is 1. The molecule has 0 radical (unpaired) electrons. The number of nitrogens with one attached hydrogen (secondary N) is 1. The Kier molecular flexibility index (Phi) is 6.40. The second-order valence-electron chi connectivity index (χ2n) is 8.77. The maximum absolute atomic E-state index is 12.7. The Hall–Kier alpha value is -4.42. The highest BCUT2D eigenvalue weighted by Crippen LogP contribution is 2.28. The molecule has 0 aliphatic heterocycles. The first-order chi connectivity index (χ1) is 18.3.